The van der Waals surface area contributed by atoms with Crippen LogP contribution in [-0.2, 0) is 5.75 Å². The van der Waals surface area contributed by atoms with Gasteiger partial charge >= 0.3 is 0 Å². The van der Waals surface area contributed by atoms with Crippen LogP contribution in [0.5, 0.6) is 0 Å². The maximum absolute atomic E-state index is 12.4. The third-order valence-corrected chi connectivity index (χ3v) is 5.46. The summed E-state index contributed by atoms with van der Waals surface area (Å²) >= 11 is 1.55. The molecule has 0 fully saturated rings. The highest BCUT2D eigenvalue weighted by molar-refractivity contribution is 7.98. The molecule has 0 amide bonds. The summed E-state index contributed by atoms with van der Waals surface area (Å²) in [5, 5.41) is 2.91. The number of hydrogen-bond donors (Lipinski definition) is 1. The lowest BCUT2D eigenvalue weighted by molar-refractivity contribution is 0.660. The topological polar surface area (TPSA) is 71.8 Å². The van der Waals surface area contributed by atoms with Crippen LogP contribution in [0.3, 0.4) is 0 Å². The molecule has 0 unspecified atom stereocenters. The first-order chi connectivity index (χ1) is 13.2. The van der Waals surface area contributed by atoms with Crippen molar-refractivity contribution < 1.29 is 4.42 Å². The Morgan fingerprint density at radius 1 is 1.04 bits per heavy atom. The molecule has 3 heterocycles. The Morgan fingerprint density at radius 3 is 2.70 bits per heavy atom. The molecule has 0 aliphatic carbocycles. The Bertz CT molecular complexity index is 1370. The molecule has 6 heteroatoms. The molecule has 0 radical (unpaired) electrons. The van der Waals surface area contributed by atoms with Crippen LogP contribution in [0.2, 0.25) is 0 Å². The van der Waals surface area contributed by atoms with E-state index in [4.69, 9.17) is 9.40 Å². The summed E-state index contributed by atoms with van der Waals surface area (Å²) < 4.78 is 5.64. The Labute approximate surface area is 158 Å². The number of nitrogens with one attached hydrogen (secondary N) is 1. The molecule has 0 aliphatic heterocycles. The van der Waals surface area contributed by atoms with E-state index in [2.05, 4.69) is 29.0 Å². The van der Waals surface area contributed by atoms with Gasteiger partial charge in [-0.25, -0.2) is 9.97 Å². The number of furan rings is 1. The Morgan fingerprint density at radius 2 is 1.81 bits per heavy atom. The van der Waals surface area contributed by atoms with Gasteiger partial charge < -0.3 is 9.40 Å². The second-order valence-corrected chi connectivity index (χ2v) is 7.37. The zero-order valence-electron chi connectivity index (χ0n) is 14.5. The lowest BCUT2D eigenvalue weighted by Gasteiger charge is -2.06. The lowest BCUT2D eigenvalue weighted by Crippen LogP contribution is -2.10. The van der Waals surface area contributed by atoms with Gasteiger partial charge in [0.15, 0.2) is 0 Å². The molecule has 3 aromatic heterocycles. The number of pyridine rings is 1. The molecule has 0 aliphatic rings. The first-order valence-corrected chi connectivity index (χ1v) is 9.57. The van der Waals surface area contributed by atoms with Crippen molar-refractivity contribution in [2.24, 2.45) is 0 Å². The Kier molecular flexibility index (Phi) is 3.72. The molecule has 5 aromatic rings. The zero-order valence-corrected chi connectivity index (χ0v) is 15.3. The third kappa shape index (κ3) is 2.78. The normalized spacial score (nSPS) is 11.6. The van der Waals surface area contributed by atoms with Gasteiger partial charge in [-0.3, -0.25) is 4.79 Å². The summed E-state index contributed by atoms with van der Waals surface area (Å²) in [4.78, 5) is 24.5. The third-order valence-electron chi connectivity index (χ3n) is 4.54. The van der Waals surface area contributed by atoms with E-state index in [1.165, 1.54) is 5.56 Å². The largest absolute Gasteiger partial charge is 0.449 e. The number of aryl methyl sites for hydroxylation is 1. The molecule has 0 saturated carbocycles. The van der Waals surface area contributed by atoms with E-state index in [0.717, 1.165) is 21.3 Å². The number of hydrogen-bond acceptors (Lipinski definition) is 5. The fraction of sp³-hybridized carbons (Fsp3) is 0.0952. The highest BCUT2D eigenvalue weighted by Crippen LogP contribution is 2.27. The number of H-pyrrole nitrogens is 1. The van der Waals surface area contributed by atoms with Crippen molar-refractivity contribution in [1.29, 1.82) is 0 Å². The van der Waals surface area contributed by atoms with Gasteiger partial charge in [-0.1, -0.05) is 42.1 Å². The number of aromatic amines is 1. The average Bonchev–Trinajstić information content (AvgIpc) is 3.06. The van der Waals surface area contributed by atoms with Gasteiger partial charge in [0.1, 0.15) is 16.9 Å². The predicted molar refractivity (Wildman–Crippen MR) is 108 cm³/mol. The molecule has 132 valence electrons. The van der Waals surface area contributed by atoms with Crippen molar-refractivity contribution >= 4 is 44.7 Å². The average molecular weight is 373 g/mol. The number of fused-ring (bicyclic) bond motifs is 4. The SMILES string of the molecule is Cc1cc(SCc2nc3c(oc4ccccc43)c(=O)[nH]2)nc2ccccc12. The quantitative estimate of drug-likeness (QED) is 0.459. The summed E-state index contributed by atoms with van der Waals surface area (Å²) in [7, 11) is 0. The molecule has 5 rings (SSSR count). The van der Waals surface area contributed by atoms with E-state index in [-0.39, 0.29) is 11.1 Å². The van der Waals surface area contributed by atoms with Crippen molar-refractivity contribution in [3.63, 3.8) is 0 Å². The van der Waals surface area contributed by atoms with Crippen LogP contribution < -0.4 is 5.56 Å². The van der Waals surface area contributed by atoms with Crippen molar-refractivity contribution in [2.45, 2.75) is 17.7 Å². The maximum atomic E-state index is 12.4. The number of benzene rings is 2. The van der Waals surface area contributed by atoms with E-state index in [1.807, 2.05) is 42.5 Å². The van der Waals surface area contributed by atoms with E-state index in [1.54, 1.807) is 11.8 Å². The van der Waals surface area contributed by atoms with E-state index < -0.39 is 0 Å². The minimum atomic E-state index is -0.255. The van der Waals surface area contributed by atoms with Crippen molar-refractivity contribution in [2.75, 3.05) is 0 Å². The number of aromatic nitrogens is 3. The molecule has 5 nitrogen and oxygen atoms in total. The second kappa shape index (κ2) is 6.25. The highest BCUT2D eigenvalue weighted by atomic mass is 32.2. The van der Waals surface area contributed by atoms with Gasteiger partial charge in [0.05, 0.1) is 16.3 Å². The molecule has 0 saturated heterocycles. The summed E-state index contributed by atoms with van der Waals surface area (Å²) in [6, 6.07) is 17.7. The standard InChI is InChI=1S/C21H15N3O2S/c1-12-10-18(22-15-8-4-2-6-13(12)15)27-11-17-23-19-14-7-3-5-9-16(14)26-20(19)21(25)24-17/h2-10H,11H2,1H3,(H,23,24,25). The van der Waals surface area contributed by atoms with Gasteiger partial charge in [-0.2, -0.15) is 0 Å². The van der Waals surface area contributed by atoms with Crippen LogP contribution in [0.25, 0.3) is 33.0 Å². The maximum Gasteiger partial charge on any atom is 0.294 e. The monoisotopic (exact) mass is 373 g/mol. The van der Waals surface area contributed by atoms with Crippen molar-refractivity contribution in [3.05, 3.63) is 76.3 Å². The first kappa shape index (κ1) is 16.1. The van der Waals surface area contributed by atoms with Crippen molar-refractivity contribution in [3.8, 4) is 0 Å². The minimum Gasteiger partial charge on any atom is -0.449 e. The molecular weight excluding hydrogens is 358 g/mol. The molecule has 0 spiro atoms. The molecule has 0 bridgehead atoms. The fourth-order valence-electron chi connectivity index (χ4n) is 3.25. The van der Waals surface area contributed by atoms with Crippen molar-refractivity contribution in [1.82, 2.24) is 15.0 Å². The summed E-state index contributed by atoms with van der Waals surface area (Å²) in [5.41, 5.74) is 3.44. The smallest absolute Gasteiger partial charge is 0.294 e. The second-order valence-electron chi connectivity index (χ2n) is 6.37. The van der Waals surface area contributed by atoms with Gasteiger partial charge in [0, 0.05) is 10.8 Å². The Balaban J connectivity index is 1.51. The number of nitrogens with zero attached hydrogens (tertiary/aromatic N) is 2. The van der Waals surface area contributed by atoms with E-state index in [0.29, 0.717) is 22.7 Å². The van der Waals surface area contributed by atoms with Crippen LogP contribution in [0, 0.1) is 6.92 Å². The van der Waals surface area contributed by atoms with Crippen LogP contribution in [0.1, 0.15) is 11.4 Å². The summed E-state index contributed by atoms with van der Waals surface area (Å²) in [5.74, 6) is 1.13. The van der Waals surface area contributed by atoms with Gasteiger partial charge in [0.2, 0.25) is 5.58 Å². The molecular formula is C21H15N3O2S. The van der Waals surface area contributed by atoms with Crippen LogP contribution in [0.15, 0.2) is 68.8 Å². The summed E-state index contributed by atoms with van der Waals surface area (Å²) in [6.45, 7) is 2.08. The van der Waals surface area contributed by atoms with Gasteiger partial charge in [-0.05, 0) is 36.8 Å². The van der Waals surface area contributed by atoms with Crippen LogP contribution >= 0.6 is 11.8 Å². The number of thioether (sulfide) groups is 1. The predicted octanol–water partition coefficient (Wildman–Crippen LogP) is 4.82. The number of para-hydroxylation sites is 2. The molecule has 27 heavy (non-hydrogen) atoms. The van der Waals surface area contributed by atoms with E-state index >= 15 is 0 Å². The fourth-order valence-corrected chi connectivity index (χ4v) is 4.09. The Hall–Kier alpha value is -3.12. The lowest BCUT2D eigenvalue weighted by atomic mass is 10.1. The highest BCUT2D eigenvalue weighted by Gasteiger charge is 2.13. The number of rotatable bonds is 3. The summed E-state index contributed by atoms with van der Waals surface area (Å²) in [6.07, 6.45) is 0. The molecule has 1 N–H and O–H groups in total. The van der Waals surface area contributed by atoms with E-state index in [9.17, 15) is 4.79 Å². The molecule has 0 atom stereocenters. The van der Waals surface area contributed by atoms with Gasteiger partial charge in [0.25, 0.3) is 5.56 Å². The zero-order chi connectivity index (χ0) is 18.4. The van der Waals surface area contributed by atoms with Crippen LogP contribution in [0.4, 0.5) is 0 Å². The minimum absolute atomic E-state index is 0.255. The van der Waals surface area contributed by atoms with Gasteiger partial charge in [-0.15, -0.1) is 0 Å². The molecule has 2 aromatic carbocycles. The van der Waals surface area contributed by atoms with Crippen LogP contribution in [-0.4, -0.2) is 15.0 Å². The first-order valence-electron chi connectivity index (χ1n) is 8.59.